The van der Waals surface area contributed by atoms with Gasteiger partial charge >= 0.3 is 0 Å². The van der Waals surface area contributed by atoms with Gasteiger partial charge in [0.2, 0.25) is 0 Å². The SMILES string of the molecule is [CH2]C1CCC(CC)C1=C. The maximum absolute atomic E-state index is 4.02. The Hall–Kier alpha value is -0.260. The minimum Gasteiger partial charge on any atom is -0.0993 e. The number of hydrogen-bond donors (Lipinski definition) is 0. The van der Waals surface area contributed by atoms with Crippen LogP contribution in [0.15, 0.2) is 12.2 Å². The summed E-state index contributed by atoms with van der Waals surface area (Å²) >= 11 is 0. The Labute approximate surface area is 58.0 Å². The standard InChI is InChI=1S/C9H15/c1-4-9-6-5-7(2)8(9)3/h7,9H,2-6H2,1H3. The van der Waals surface area contributed by atoms with E-state index in [-0.39, 0.29) is 0 Å². The summed E-state index contributed by atoms with van der Waals surface area (Å²) in [6.45, 7) is 10.3. The van der Waals surface area contributed by atoms with Crippen molar-refractivity contribution >= 4 is 0 Å². The van der Waals surface area contributed by atoms with Crippen LogP contribution in [0.2, 0.25) is 0 Å². The zero-order chi connectivity index (χ0) is 6.85. The molecule has 0 bridgehead atoms. The molecular formula is C9H15. The first-order chi connectivity index (χ1) is 4.25. The number of allylic oxidation sites excluding steroid dienone is 1. The molecule has 1 saturated carbocycles. The lowest BCUT2D eigenvalue weighted by Gasteiger charge is -2.08. The fourth-order valence-electron chi connectivity index (χ4n) is 1.57. The van der Waals surface area contributed by atoms with Gasteiger partial charge in [-0.2, -0.15) is 0 Å². The largest absolute Gasteiger partial charge is 0.0993 e. The highest BCUT2D eigenvalue weighted by molar-refractivity contribution is 5.11. The monoisotopic (exact) mass is 123 g/mol. The molecule has 0 spiro atoms. The first-order valence-electron chi connectivity index (χ1n) is 3.77. The predicted molar refractivity (Wildman–Crippen MR) is 41.0 cm³/mol. The summed E-state index contributed by atoms with van der Waals surface area (Å²) in [5.41, 5.74) is 1.39. The van der Waals surface area contributed by atoms with Gasteiger partial charge in [0.05, 0.1) is 0 Å². The van der Waals surface area contributed by atoms with E-state index in [0.717, 1.165) is 5.92 Å². The molecule has 1 radical (unpaired) electrons. The van der Waals surface area contributed by atoms with Crippen molar-refractivity contribution in [1.29, 1.82) is 0 Å². The van der Waals surface area contributed by atoms with Crippen LogP contribution in [0.3, 0.4) is 0 Å². The van der Waals surface area contributed by atoms with Crippen molar-refractivity contribution in [2.75, 3.05) is 0 Å². The van der Waals surface area contributed by atoms with Gasteiger partial charge in [-0.25, -0.2) is 0 Å². The van der Waals surface area contributed by atoms with Gasteiger partial charge in [-0.15, -0.1) is 0 Å². The average molecular weight is 123 g/mol. The van der Waals surface area contributed by atoms with E-state index in [1.54, 1.807) is 0 Å². The van der Waals surface area contributed by atoms with Gasteiger partial charge in [0, 0.05) is 0 Å². The molecule has 0 saturated heterocycles. The van der Waals surface area contributed by atoms with Gasteiger partial charge in [-0.3, -0.25) is 0 Å². The Morgan fingerprint density at radius 1 is 1.56 bits per heavy atom. The zero-order valence-electron chi connectivity index (χ0n) is 6.19. The average Bonchev–Trinajstić information content (AvgIpc) is 2.15. The lowest BCUT2D eigenvalue weighted by atomic mass is 9.98. The summed E-state index contributed by atoms with van der Waals surface area (Å²) in [7, 11) is 0. The molecule has 9 heavy (non-hydrogen) atoms. The van der Waals surface area contributed by atoms with Crippen molar-refractivity contribution in [3.8, 4) is 0 Å². The third-order valence-electron chi connectivity index (χ3n) is 2.41. The minimum atomic E-state index is 0.551. The normalized spacial score (nSPS) is 35.6. The molecule has 0 nitrogen and oxygen atoms in total. The highest BCUT2D eigenvalue weighted by Gasteiger charge is 2.23. The van der Waals surface area contributed by atoms with E-state index in [1.165, 1.54) is 24.8 Å². The lowest BCUT2D eigenvalue weighted by Crippen LogP contribution is -1.95. The molecule has 1 aliphatic carbocycles. The van der Waals surface area contributed by atoms with Crippen LogP contribution in [0, 0.1) is 18.8 Å². The Bertz CT molecular complexity index is 113. The van der Waals surface area contributed by atoms with E-state index < -0.39 is 0 Å². The molecular weight excluding hydrogens is 108 g/mol. The van der Waals surface area contributed by atoms with Crippen molar-refractivity contribution in [3.05, 3.63) is 19.1 Å². The van der Waals surface area contributed by atoms with Crippen LogP contribution in [0.25, 0.3) is 0 Å². The Morgan fingerprint density at radius 2 is 2.22 bits per heavy atom. The summed E-state index contributed by atoms with van der Waals surface area (Å²) in [5, 5.41) is 0. The maximum atomic E-state index is 4.02. The molecule has 0 amide bonds. The van der Waals surface area contributed by atoms with Gasteiger partial charge in [0.25, 0.3) is 0 Å². The fourth-order valence-corrected chi connectivity index (χ4v) is 1.57. The molecule has 0 heteroatoms. The van der Waals surface area contributed by atoms with Gasteiger partial charge in [0.15, 0.2) is 0 Å². The summed E-state index contributed by atoms with van der Waals surface area (Å²) in [4.78, 5) is 0. The third kappa shape index (κ3) is 1.17. The molecule has 1 rings (SSSR count). The second kappa shape index (κ2) is 2.55. The van der Waals surface area contributed by atoms with Gasteiger partial charge in [-0.1, -0.05) is 19.1 Å². The van der Waals surface area contributed by atoms with E-state index >= 15 is 0 Å². The van der Waals surface area contributed by atoms with Crippen LogP contribution in [-0.4, -0.2) is 0 Å². The Balaban J connectivity index is 2.51. The highest BCUT2D eigenvalue weighted by atomic mass is 14.3. The maximum Gasteiger partial charge on any atom is -0.0203 e. The number of rotatable bonds is 1. The zero-order valence-corrected chi connectivity index (χ0v) is 6.19. The molecule has 2 atom stereocenters. The van der Waals surface area contributed by atoms with Gasteiger partial charge in [0.1, 0.15) is 0 Å². The molecule has 0 aromatic carbocycles. The Morgan fingerprint density at radius 3 is 2.44 bits per heavy atom. The topological polar surface area (TPSA) is 0 Å². The second-order valence-electron chi connectivity index (χ2n) is 2.95. The van der Waals surface area contributed by atoms with Gasteiger partial charge in [-0.05, 0) is 38.0 Å². The van der Waals surface area contributed by atoms with Crippen molar-refractivity contribution in [1.82, 2.24) is 0 Å². The molecule has 0 N–H and O–H groups in total. The van der Waals surface area contributed by atoms with Crippen LogP contribution in [0.4, 0.5) is 0 Å². The molecule has 2 unspecified atom stereocenters. The first-order valence-corrected chi connectivity index (χ1v) is 3.77. The molecule has 51 valence electrons. The summed E-state index contributed by atoms with van der Waals surface area (Å²) in [5.74, 6) is 1.34. The van der Waals surface area contributed by atoms with Crippen molar-refractivity contribution in [3.63, 3.8) is 0 Å². The predicted octanol–water partition coefficient (Wildman–Crippen LogP) is 2.81. The fraction of sp³-hybridized carbons (Fsp3) is 0.667. The highest BCUT2D eigenvalue weighted by Crippen LogP contribution is 2.36. The summed E-state index contributed by atoms with van der Waals surface area (Å²) in [6, 6.07) is 0. The van der Waals surface area contributed by atoms with E-state index in [2.05, 4.69) is 20.4 Å². The van der Waals surface area contributed by atoms with Crippen LogP contribution < -0.4 is 0 Å². The van der Waals surface area contributed by atoms with Crippen LogP contribution in [0.5, 0.6) is 0 Å². The van der Waals surface area contributed by atoms with Gasteiger partial charge < -0.3 is 0 Å². The second-order valence-corrected chi connectivity index (χ2v) is 2.95. The quantitative estimate of drug-likeness (QED) is 0.470. The van der Waals surface area contributed by atoms with Crippen molar-refractivity contribution in [2.45, 2.75) is 26.2 Å². The minimum absolute atomic E-state index is 0.551. The molecule has 1 fully saturated rings. The van der Waals surface area contributed by atoms with Crippen LogP contribution in [-0.2, 0) is 0 Å². The van der Waals surface area contributed by atoms with Crippen LogP contribution in [0.1, 0.15) is 26.2 Å². The molecule has 0 aliphatic heterocycles. The molecule has 0 aromatic heterocycles. The smallest absolute Gasteiger partial charge is 0.0203 e. The van der Waals surface area contributed by atoms with Crippen molar-refractivity contribution < 1.29 is 0 Å². The van der Waals surface area contributed by atoms with E-state index in [0.29, 0.717) is 5.92 Å². The van der Waals surface area contributed by atoms with E-state index in [4.69, 9.17) is 0 Å². The first kappa shape index (κ1) is 6.85. The molecule has 1 aliphatic rings. The molecule has 0 aromatic rings. The Kier molecular flexibility index (Phi) is 1.94. The summed E-state index contributed by atoms with van der Waals surface area (Å²) in [6.07, 6.45) is 3.84. The number of hydrogen-bond acceptors (Lipinski definition) is 0. The van der Waals surface area contributed by atoms with Crippen molar-refractivity contribution in [2.24, 2.45) is 11.8 Å². The van der Waals surface area contributed by atoms with E-state index in [9.17, 15) is 0 Å². The third-order valence-corrected chi connectivity index (χ3v) is 2.41. The molecule has 0 heterocycles. The van der Waals surface area contributed by atoms with E-state index in [1.807, 2.05) is 0 Å². The lowest BCUT2D eigenvalue weighted by molar-refractivity contribution is 0.607. The van der Waals surface area contributed by atoms with Crippen LogP contribution >= 0.6 is 0 Å². The summed E-state index contributed by atoms with van der Waals surface area (Å²) < 4.78 is 0.